The Morgan fingerprint density at radius 3 is 2.20 bits per heavy atom. The average Bonchev–Trinajstić information content (AvgIpc) is 1.88. The fourth-order valence-corrected chi connectivity index (χ4v) is 0.602. The first-order chi connectivity index (χ1) is 4.70. The molecule has 0 unspecified atom stereocenters. The van der Waals surface area contributed by atoms with Crippen LogP contribution in [0.25, 0.3) is 0 Å². The van der Waals surface area contributed by atoms with Crippen LogP contribution in [0.2, 0.25) is 0 Å². The molecule has 0 saturated carbocycles. The molecule has 0 heterocycles. The van der Waals surface area contributed by atoms with Crippen LogP contribution in [0.5, 0.6) is 0 Å². The van der Waals surface area contributed by atoms with Gasteiger partial charge in [-0.15, -0.1) is 0 Å². The molecule has 0 atom stereocenters. The first-order valence-corrected chi connectivity index (χ1v) is 2.72. The van der Waals surface area contributed by atoms with Crippen LogP contribution in [0.3, 0.4) is 0 Å². The summed E-state index contributed by atoms with van der Waals surface area (Å²) in [5.74, 6) is 0. The van der Waals surface area contributed by atoms with Gasteiger partial charge in [-0.05, 0) is 12.1 Å². The third kappa shape index (κ3) is 1.22. The predicted octanol–water partition coefficient (Wildman–Crippen LogP) is 1.07. The maximum absolute atomic E-state index is 10.2. The monoisotopic (exact) mass is 139 g/mol. The smallest absolute Gasteiger partial charge is 0.316 e. The summed E-state index contributed by atoms with van der Waals surface area (Å²) < 4.78 is 0. The molecule has 0 radical (unpaired) electrons. The van der Waals surface area contributed by atoms with Crippen LogP contribution < -0.4 is 5.73 Å². The van der Waals surface area contributed by atoms with Crippen molar-refractivity contribution in [2.75, 3.05) is 5.73 Å². The second-order valence-corrected chi connectivity index (χ2v) is 1.86. The lowest BCUT2D eigenvalue weighted by Gasteiger charge is -1.86. The Kier molecular flexibility index (Phi) is 1.53. The van der Waals surface area contributed by atoms with E-state index in [-0.39, 0.29) is 10.6 Å². The Balaban J connectivity index is 3.00. The number of anilines is 1. The molecule has 0 aliphatic carbocycles. The van der Waals surface area contributed by atoms with Crippen LogP contribution in [0.15, 0.2) is 24.3 Å². The van der Waals surface area contributed by atoms with Gasteiger partial charge in [-0.25, -0.2) is 5.21 Å². The summed E-state index contributed by atoms with van der Waals surface area (Å²) in [5.41, 5.74) is 6.06. The fourth-order valence-electron chi connectivity index (χ4n) is 0.602. The third-order valence-electron chi connectivity index (χ3n) is 1.11. The van der Waals surface area contributed by atoms with Crippen molar-refractivity contribution < 1.29 is 10.1 Å². The Morgan fingerprint density at radius 1 is 1.30 bits per heavy atom. The van der Waals surface area contributed by atoms with Gasteiger partial charge in [0, 0.05) is 17.8 Å². The van der Waals surface area contributed by atoms with Gasteiger partial charge in [0.2, 0.25) is 0 Å². The summed E-state index contributed by atoms with van der Waals surface area (Å²) in [6.07, 6.45) is 0. The predicted molar refractivity (Wildman–Crippen MR) is 35.9 cm³/mol. The molecule has 0 aliphatic heterocycles. The standard InChI is InChI=1S/C6H7N2O2/c7-5-1-3-6(4-2-5)8(9)10/h1-4H,7H2,(H,9,10)/q+1. The summed E-state index contributed by atoms with van der Waals surface area (Å²) >= 11 is 0. The van der Waals surface area contributed by atoms with Gasteiger partial charge in [-0.1, -0.05) is 0 Å². The van der Waals surface area contributed by atoms with Crippen LogP contribution in [0, 0.1) is 4.91 Å². The summed E-state index contributed by atoms with van der Waals surface area (Å²) in [6.45, 7) is 0. The van der Waals surface area contributed by atoms with Gasteiger partial charge >= 0.3 is 5.69 Å². The molecule has 4 nitrogen and oxygen atoms in total. The normalized spacial score (nSPS) is 9.20. The lowest BCUT2D eigenvalue weighted by Crippen LogP contribution is -1.91. The van der Waals surface area contributed by atoms with Crippen LogP contribution in [0.1, 0.15) is 0 Å². The van der Waals surface area contributed by atoms with Gasteiger partial charge in [-0.2, -0.15) is 0 Å². The van der Waals surface area contributed by atoms with Gasteiger partial charge in [0.05, 0.1) is 4.91 Å². The summed E-state index contributed by atoms with van der Waals surface area (Å²) in [6, 6.07) is 5.94. The zero-order valence-corrected chi connectivity index (χ0v) is 5.19. The SMILES string of the molecule is Nc1ccc([N+](=O)O)cc1. The minimum absolute atomic E-state index is 0.175. The molecule has 0 amide bonds. The van der Waals surface area contributed by atoms with Crippen molar-refractivity contribution in [2.45, 2.75) is 0 Å². The Morgan fingerprint density at radius 2 is 1.80 bits per heavy atom. The second-order valence-electron chi connectivity index (χ2n) is 1.86. The van der Waals surface area contributed by atoms with E-state index in [9.17, 15) is 4.91 Å². The van der Waals surface area contributed by atoms with Crippen molar-refractivity contribution in [2.24, 2.45) is 0 Å². The van der Waals surface area contributed by atoms with Crippen molar-refractivity contribution in [3.63, 3.8) is 0 Å². The highest BCUT2D eigenvalue weighted by Crippen LogP contribution is 2.11. The summed E-state index contributed by atoms with van der Waals surface area (Å²) in [7, 11) is 0. The van der Waals surface area contributed by atoms with Crippen LogP contribution >= 0.6 is 0 Å². The average molecular weight is 139 g/mol. The largest absolute Gasteiger partial charge is 0.399 e. The highest BCUT2D eigenvalue weighted by Gasteiger charge is 2.08. The fraction of sp³-hybridized carbons (Fsp3) is 0. The first-order valence-electron chi connectivity index (χ1n) is 2.72. The van der Waals surface area contributed by atoms with Gasteiger partial charge in [0.25, 0.3) is 4.92 Å². The maximum Gasteiger partial charge on any atom is 0.316 e. The molecule has 1 aromatic carbocycles. The zero-order valence-electron chi connectivity index (χ0n) is 5.19. The van der Waals surface area contributed by atoms with E-state index in [1.807, 2.05) is 0 Å². The molecule has 0 bridgehead atoms. The Labute approximate surface area is 57.4 Å². The number of nitrogens with zero attached hydrogens (tertiary/aromatic N) is 1. The van der Waals surface area contributed by atoms with Crippen LogP contribution in [0.4, 0.5) is 11.4 Å². The lowest BCUT2D eigenvalue weighted by atomic mass is 10.3. The zero-order chi connectivity index (χ0) is 7.56. The van der Waals surface area contributed by atoms with E-state index in [0.717, 1.165) is 0 Å². The number of benzene rings is 1. The highest BCUT2D eigenvalue weighted by atomic mass is 16.6. The molecule has 3 N–H and O–H groups in total. The van der Waals surface area contributed by atoms with E-state index in [2.05, 4.69) is 0 Å². The van der Waals surface area contributed by atoms with Gasteiger partial charge in [0.15, 0.2) is 0 Å². The lowest BCUT2D eigenvalue weighted by molar-refractivity contribution is -0.729. The molecule has 0 spiro atoms. The highest BCUT2D eigenvalue weighted by molar-refractivity contribution is 5.44. The third-order valence-corrected chi connectivity index (χ3v) is 1.11. The minimum Gasteiger partial charge on any atom is -0.399 e. The van der Waals surface area contributed by atoms with Crippen LogP contribution in [-0.2, 0) is 0 Å². The maximum atomic E-state index is 10.2. The molecule has 52 valence electrons. The molecule has 1 rings (SSSR count). The van der Waals surface area contributed by atoms with E-state index in [0.29, 0.717) is 5.69 Å². The van der Waals surface area contributed by atoms with Gasteiger partial charge in [0.1, 0.15) is 0 Å². The Hall–Kier alpha value is -1.58. The van der Waals surface area contributed by atoms with Crippen molar-refractivity contribution >= 4 is 11.4 Å². The molecule has 10 heavy (non-hydrogen) atoms. The quantitative estimate of drug-likeness (QED) is 0.451. The first kappa shape index (κ1) is 6.54. The molecule has 0 aromatic heterocycles. The molecule has 0 aliphatic rings. The molecular weight excluding hydrogens is 132 g/mol. The van der Waals surface area contributed by atoms with E-state index in [4.69, 9.17) is 10.9 Å². The van der Waals surface area contributed by atoms with E-state index < -0.39 is 0 Å². The molecule has 1 aromatic rings. The number of nitrogen functional groups attached to an aromatic ring is 1. The van der Waals surface area contributed by atoms with E-state index in [1.165, 1.54) is 24.3 Å². The molecule has 0 saturated heterocycles. The van der Waals surface area contributed by atoms with Crippen molar-refractivity contribution in [1.82, 2.24) is 0 Å². The molecular formula is C6H7N2O2+. The molecule has 0 fully saturated rings. The molecule has 4 heteroatoms. The van der Waals surface area contributed by atoms with E-state index >= 15 is 0 Å². The number of rotatable bonds is 1. The summed E-state index contributed by atoms with van der Waals surface area (Å²) in [5, 5.41) is 8.35. The topological polar surface area (TPSA) is 66.3 Å². The van der Waals surface area contributed by atoms with E-state index in [1.54, 1.807) is 0 Å². The van der Waals surface area contributed by atoms with Crippen LogP contribution in [-0.4, -0.2) is 10.1 Å². The van der Waals surface area contributed by atoms with Gasteiger partial charge < -0.3 is 5.73 Å². The minimum atomic E-state index is -0.209. The Bertz CT molecular complexity index is 242. The van der Waals surface area contributed by atoms with Gasteiger partial charge in [-0.3, -0.25) is 0 Å². The second kappa shape index (κ2) is 2.34. The number of hydrogen-bond donors (Lipinski definition) is 2. The van der Waals surface area contributed by atoms with Crippen molar-refractivity contribution in [3.8, 4) is 0 Å². The number of nitrogens with two attached hydrogens (primary N) is 1. The summed E-state index contributed by atoms with van der Waals surface area (Å²) in [4.78, 5) is 9.98. The van der Waals surface area contributed by atoms with Crippen molar-refractivity contribution in [1.29, 1.82) is 0 Å². The van der Waals surface area contributed by atoms with Crippen molar-refractivity contribution in [3.05, 3.63) is 29.2 Å². The number of hydrogen-bond acceptors (Lipinski definition) is 2.